The van der Waals surface area contributed by atoms with E-state index >= 15 is 0 Å². The van der Waals surface area contributed by atoms with Crippen molar-refractivity contribution in [3.8, 4) is 17.1 Å². The van der Waals surface area contributed by atoms with Gasteiger partial charge in [-0.2, -0.15) is 0 Å². The van der Waals surface area contributed by atoms with Crippen molar-refractivity contribution in [3.05, 3.63) is 59.9 Å². The molecular formula is C22H24N4O2. The first-order valence-electron chi connectivity index (χ1n) is 9.68. The zero-order valence-electron chi connectivity index (χ0n) is 16.0. The molecule has 1 aliphatic heterocycles. The molecule has 2 aromatic carbocycles. The Morgan fingerprint density at radius 1 is 1.14 bits per heavy atom. The van der Waals surface area contributed by atoms with Crippen LogP contribution in [0.3, 0.4) is 0 Å². The van der Waals surface area contributed by atoms with Crippen LogP contribution in [0.2, 0.25) is 0 Å². The first-order chi connectivity index (χ1) is 13.7. The molecule has 1 amide bonds. The number of rotatable bonds is 6. The number of aryl methyl sites for hydroxylation is 2. The Bertz CT molecular complexity index is 963. The molecule has 1 N–H and O–H groups in total. The highest BCUT2D eigenvalue weighted by Crippen LogP contribution is 2.25. The highest BCUT2D eigenvalue weighted by atomic mass is 16.5. The third-order valence-corrected chi connectivity index (χ3v) is 5.06. The summed E-state index contributed by atoms with van der Waals surface area (Å²) >= 11 is 0. The van der Waals surface area contributed by atoms with Crippen LogP contribution in [-0.2, 0) is 24.2 Å². The van der Waals surface area contributed by atoms with Crippen LogP contribution in [0.15, 0.2) is 48.5 Å². The molecule has 6 nitrogen and oxygen atoms in total. The normalized spacial score (nSPS) is 13.0. The van der Waals surface area contributed by atoms with Crippen molar-refractivity contribution in [1.29, 1.82) is 0 Å². The summed E-state index contributed by atoms with van der Waals surface area (Å²) in [5.74, 6) is 2.75. The topological polar surface area (TPSA) is 69.0 Å². The Balaban J connectivity index is 1.40. The van der Waals surface area contributed by atoms with Crippen LogP contribution in [0, 0.1) is 0 Å². The molecule has 6 heteroatoms. The van der Waals surface area contributed by atoms with Gasteiger partial charge in [-0.3, -0.25) is 4.79 Å². The van der Waals surface area contributed by atoms with E-state index in [0.29, 0.717) is 12.8 Å². The summed E-state index contributed by atoms with van der Waals surface area (Å²) in [6.45, 7) is 0.954. The Morgan fingerprint density at radius 3 is 2.82 bits per heavy atom. The smallest absolute Gasteiger partial charge is 0.224 e. The number of methoxy groups -OCH3 is 1. The van der Waals surface area contributed by atoms with Crippen molar-refractivity contribution < 1.29 is 9.53 Å². The summed E-state index contributed by atoms with van der Waals surface area (Å²) in [5, 5.41) is 11.7. The number of carbonyl (C=O) groups excluding carboxylic acids is 1. The van der Waals surface area contributed by atoms with E-state index in [0.717, 1.165) is 53.6 Å². The predicted molar refractivity (Wildman–Crippen MR) is 108 cm³/mol. The molecule has 1 aromatic heterocycles. The molecule has 3 aromatic rings. The first-order valence-corrected chi connectivity index (χ1v) is 9.68. The zero-order valence-corrected chi connectivity index (χ0v) is 16.0. The van der Waals surface area contributed by atoms with E-state index in [-0.39, 0.29) is 5.91 Å². The lowest BCUT2D eigenvalue weighted by Gasteiger charge is -2.15. The van der Waals surface area contributed by atoms with E-state index in [1.54, 1.807) is 7.11 Å². The largest absolute Gasteiger partial charge is 0.497 e. The number of nitrogens with zero attached hydrogens (tertiary/aromatic N) is 3. The molecule has 0 saturated heterocycles. The standard InChI is InChI=1S/C22H24N4O2/c1-28-19-11-8-16(9-12-19)10-13-21(27)23-18-6-4-5-17(15-18)22-25-24-20-7-2-3-14-26(20)22/h4-6,8-9,11-12,15H,2-3,7,10,13-14H2,1H3,(H,23,27). The summed E-state index contributed by atoms with van der Waals surface area (Å²) in [6.07, 6.45) is 4.42. The number of amides is 1. The maximum absolute atomic E-state index is 12.4. The summed E-state index contributed by atoms with van der Waals surface area (Å²) < 4.78 is 7.35. The lowest BCUT2D eigenvalue weighted by atomic mass is 10.1. The van der Waals surface area contributed by atoms with Crippen molar-refractivity contribution in [2.45, 2.75) is 38.6 Å². The minimum atomic E-state index is -0.00348. The Hall–Kier alpha value is -3.15. The van der Waals surface area contributed by atoms with Gasteiger partial charge in [0.1, 0.15) is 11.6 Å². The number of fused-ring (bicyclic) bond motifs is 1. The van der Waals surface area contributed by atoms with E-state index in [1.807, 2.05) is 48.5 Å². The quantitative estimate of drug-likeness (QED) is 0.709. The number of nitrogens with one attached hydrogen (secondary N) is 1. The van der Waals surface area contributed by atoms with Gasteiger partial charge in [-0.05, 0) is 49.1 Å². The highest BCUT2D eigenvalue weighted by molar-refractivity contribution is 5.91. The van der Waals surface area contributed by atoms with Crippen LogP contribution in [0.5, 0.6) is 5.75 Å². The van der Waals surface area contributed by atoms with Crippen LogP contribution in [0.25, 0.3) is 11.4 Å². The predicted octanol–water partition coefficient (Wildman–Crippen LogP) is 3.86. The molecular weight excluding hydrogens is 352 g/mol. The van der Waals surface area contributed by atoms with E-state index < -0.39 is 0 Å². The highest BCUT2D eigenvalue weighted by Gasteiger charge is 2.17. The van der Waals surface area contributed by atoms with E-state index in [1.165, 1.54) is 6.42 Å². The SMILES string of the molecule is COc1ccc(CCC(=O)Nc2cccc(-c3nnc4n3CCCC4)c2)cc1. The molecule has 0 spiro atoms. The molecule has 0 saturated carbocycles. The average molecular weight is 376 g/mol. The van der Waals surface area contributed by atoms with Crippen molar-refractivity contribution in [2.24, 2.45) is 0 Å². The molecule has 144 valence electrons. The molecule has 0 bridgehead atoms. The fourth-order valence-corrected chi connectivity index (χ4v) is 3.53. The van der Waals surface area contributed by atoms with Gasteiger partial charge in [0.05, 0.1) is 7.11 Å². The maximum atomic E-state index is 12.4. The van der Waals surface area contributed by atoms with E-state index in [2.05, 4.69) is 20.1 Å². The molecule has 2 heterocycles. The van der Waals surface area contributed by atoms with Gasteiger partial charge in [0.25, 0.3) is 0 Å². The number of benzene rings is 2. The number of carbonyl (C=O) groups is 1. The number of hydrogen-bond acceptors (Lipinski definition) is 4. The third kappa shape index (κ3) is 4.06. The number of hydrogen-bond donors (Lipinski definition) is 1. The van der Waals surface area contributed by atoms with Gasteiger partial charge in [0.2, 0.25) is 5.91 Å². The fraction of sp³-hybridized carbons (Fsp3) is 0.318. The Labute approximate surface area is 164 Å². The minimum absolute atomic E-state index is 0.00348. The molecule has 0 unspecified atom stereocenters. The van der Waals surface area contributed by atoms with Gasteiger partial charge < -0.3 is 14.6 Å². The second-order valence-corrected chi connectivity index (χ2v) is 7.03. The molecule has 0 fully saturated rings. The van der Waals surface area contributed by atoms with Crippen LogP contribution >= 0.6 is 0 Å². The molecule has 0 aliphatic carbocycles. The van der Waals surface area contributed by atoms with E-state index in [4.69, 9.17) is 4.74 Å². The first kappa shape index (κ1) is 18.2. The minimum Gasteiger partial charge on any atom is -0.497 e. The van der Waals surface area contributed by atoms with E-state index in [9.17, 15) is 4.79 Å². The molecule has 0 atom stereocenters. The molecule has 1 aliphatic rings. The lowest BCUT2D eigenvalue weighted by molar-refractivity contribution is -0.116. The van der Waals surface area contributed by atoms with Gasteiger partial charge in [-0.1, -0.05) is 24.3 Å². The molecule has 28 heavy (non-hydrogen) atoms. The second-order valence-electron chi connectivity index (χ2n) is 7.03. The summed E-state index contributed by atoms with van der Waals surface area (Å²) in [7, 11) is 1.64. The molecule has 4 rings (SSSR count). The van der Waals surface area contributed by atoms with Crippen molar-refractivity contribution in [2.75, 3.05) is 12.4 Å². The second kappa shape index (κ2) is 8.25. The third-order valence-electron chi connectivity index (χ3n) is 5.06. The molecule has 0 radical (unpaired) electrons. The summed E-state index contributed by atoms with van der Waals surface area (Å²) in [4.78, 5) is 12.4. The Morgan fingerprint density at radius 2 is 2.00 bits per heavy atom. The summed E-state index contributed by atoms with van der Waals surface area (Å²) in [5.41, 5.74) is 2.87. The number of aromatic nitrogens is 3. The van der Waals surface area contributed by atoms with Gasteiger partial charge >= 0.3 is 0 Å². The maximum Gasteiger partial charge on any atom is 0.224 e. The number of anilines is 1. The van der Waals surface area contributed by atoms with Crippen molar-refractivity contribution in [1.82, 2.24) is 14.8 Å². The fourth-order valence-electron chi connectivity index (χ4n) is 3.53. The zero-order chi connectivity index (χ0) is 19.3. The monoisotopic (exact) mass is 376 g/mol. The van der Waals surface area contributed by atoms with Gasteiger partial charge in [0, 0.05) is 30.6 Å². The average Bonchev–Trinajstić information content (AvgIpc) is 3.17. The van der Waals surface area contributed by atoms with Crippen molar-refractivity contribution >= 4 is 11.6 Å². The van der Waals surface area contributed by atoms with Crippen molar-refractivity contribution in [3.63, 3.8) is 0 Å². The van der Waals surface area contributed by atoms with Crippen LogP contribution in [0.1, 0.15) is 30.7 Å². The summed E-state index contributed by atoms with van der Waals surface area (Å²) in [6, 6.07) is 15.6. The van der Waals surface area contributed by atoms with Crippen LogP contribution in [-0.4, -0.2) is 27.8 Å². The van der Waals surface area contributed by atoms with Gasteiger partial charge in [0.15, 0.2) is 5.82 Å². The lowest BCUT2D eigenvalue weighted by Crippen LogP contribution is -2.13. The van der Waals surface area contributed by atoms with Gasteiger partial charge in [-0.15, -0.1) is 10.2 Å². The Kier molecular flexibility index (Phi) is 5.37. The van der Waals surface area contributed by atoms with Gasteiger partial charge in [-0.25, -0.2) is 0 Å². The van der Waals surface area contributed by atoms with Crippen LogP contribution < -0.4 is 10.1 Å². The number of ether oxygens (including phenoxy) is 1. The van der Waals surface area contributed by atoms with Crippen LogP contribution in [0.4, 0.5) is 5.69 Å².